The van der Waals surface area contributed by atoms with Gasteiger partial charge < -0.3 is 14.7 Å². The Kier molecular flexibility index (Phi) is 9.46. The maximum absolute atomic E-state index is 15.4. The van der Waals surface area contributed by atoms with Crippen LogP contribution >= 0.6 is 23.4 Å². The number of methoxy groups -OCH3 is 1. The zero-order valence-electron chi connectivity index (χ0n) is 20.4. The van der Waals surface area contributed by atoms with Gasteiger partial charge in [-0.2, -0.15) is 0 Å². The lowest BCUT2D eigenvalue weighted by Crippen LogP contribution is -2.44. The molecule has 8 heteroatoms. The number of hydrogen-bond donors (Lipinski definition) is 1. The molecule has 5 nitrogen and oxygen atoms in total. The fourth-order valence-electron chi connectivity index (χ4n) is 4.97. The second-order valence-corrected chi connectivity index (χ2v) is 10.9. The largest absolute Gasteiger partial charge is 0.497 e. The van der Waals surface area contributed by atoms with E-state index in [0.717, 1.165) is 47.6 Å². The van der Waals surface area contributed by atoms with Gasteiger partial charge in [-0.3, -0.25) is 9.78 Å². The number of thioether (sulfide) groups is 1. The first-order valence-electron chi connectivity index (χ1n) is 12.3. The van der Waals surface area contributed by atoms with E-state index in [1.54, 1.807) is 31.1 Å². The minimum absolute atomic E-state index is 0.0249. The molecule has 1 aromatic heterocycles. The molecule has 0 aliphatic carbocycles. The average Bonchev–Trinajstić information content (AvgIpc) is 2.90. The van der Waals surface area contributed by atoms with Crippen molar-refractivity contribution in [3.05, 3.63) is 65.3 Å². The molecule has 1 N–H and O–H groups in total. The van der Waals surface area contributed by atoms with Gasteiger partial charge in [0.1, 0.15) is 11.9 Å². The van der Waals surface area contributed by atoms with Crippen LogP contribution in [0.5, 0.6) is 5.75 Å². The second-order valence-electron chi connectivity index (χ2n) is 9.28. The van der Waals surface area contributed by atoms with Crippen molar-refractivity contribution in [1.29, 1.82) is 0 Å². The number of hydrogen-bond acceptors (Lipinski definition) is 5. The van der Waals surface area contributed by atoms with E-state index in [0.29, 0.717) is 30.7 Å². The van der Waals surface area contributed by atoms with E-state index in [9.17, 15) is 9.90 Å². The summed E-state index contributed by atoms with van der Waals surface area (Å²) in [6.07, 6.45) is 3.05. The third-order valence-corrected chi connectivity index (χ3v) is 8.32. The highest BCUT2D eigenvalue weighted by Crippen LogP contribution is 2.35. The van der Waals surface area contributed by atoms with E-state index in [1.165, 1.54) is 4.90 Å². The van der Waals surface area contributed by atoms with Gasteiger partial charge in [0.2, 0.25) is 0 Å². The number of benzene rings is 2. The molecule has 2 aromatic carbocycles. The Morgan fingerprint density at radius 2 is 2.08 bits per heavy atom. The number of ether oxygens (including phenoxy) is 1. The number of piperidine rings is 1. The van der Waals surface area contributed by atoms with E-state index in [4.69, 9.17) is 16.3 Å². The number of halogens is 2. The Hall–Kier alpha value is -2.35. The predicted molar refractivity (Wildman–Crippen MR) is 144 cm³/mol. The second kappa shape index (κ2) is 12.7. The number of pyridine rings is 1. The molecule has 3 aromatic rings. The first kappa shape index (κ1) is 26.7. The average molecular weight is 531 g/mol. The van der Waals surface area contributed by atoms with Crippen LogP contribution in [0.25, 0.3) is 10.9 Å². The topological polar surface area (TPSA) is 62.7 Å². The molecular weight excluding hydrogens is 499 g/mol. The summed E-state index contributed by atoms with van der Waals surface area (Å²) in [7, 11) is 1.58. The van der Waals surface area contributed by atoms with Gasteiger partial charge in [0.15, 0.2) is 0 Å². The van der Waals surface area contributed by atoms with Crippen molar-refractivity contribution in [3.8, 4) is 5.75 Å². The summed E-state index contributed by atoms with van der Waals surface area (Å²) < 4.78 is 20.7. The standard InChI is InChI=1S/C28H32ClFN2O3S/c1-35-21-6-10-27-24(17-21)23(11-13-31-27)26(30)9-3-19-12-15-32(18-25(19)28(33)34)14-2-16-36-22-7-4-20(29)5-8-22/h4-8,10-11,13,17,19,25-26H,2-3,9,12,14-16,18H2,1H3,(H,33,34)/t19-,25+,26?/m1/s1. The quantitative estimate of drug-likeness (QED) is 0.215. The molecule has 0 radical (unpaired) electrons. The summed E-state index contributed by atoms with van der Waals surface area (Å²) in [6.45, 7) is 2.25. The molecule has 0 amide bonds. The van der Waals surface area contributed by atoms with Crippen molar-refractivity contribution in [1.82, 2.24) is 9.88 Å². The molecule has 0 spiro atoms. The number of nitrogens with zero attached hydrogens (tertiary/aromatic N) is 2. The molecule has 0 saturated carbocycles. The zero-order valence-corrected chi connectivity index (χ0v) is 22.0. The molecular formula is C28H32ClFN2O3S. The van der Waals surface area contributed by atoms with E-state index >= 15 is 4.39 Å². The zero-order chi connectivity index (χ0) is 25.5. The van der Waals surface area contributed by atoms with Gasteiger partial charge in [0, 0.05) is 28.0 Å². The van der Waals surface area contributed by atoms with Crippen LogP contribution in [-0.2, 0) is 4.79 Å². The van der Waals surface area contributed by atoms with Gasteiger partial charge in [-0.25, -0.2) is 4.39 Å². The molecule has 0 bridgehead atoms. The van der Waals surface area contributed by atoms with E-state index < -0.39 is 18.1 Å². The predicted octanol–water partition coefficient (Wildman–Crippen LogP) is 6.89. The molecule has 1 aliphatic rings. The number of rotatable bonds is 11. The van der Waals surface area contributed by atoms with Crippen LogP contribution in [-0.4, -0.2) is 53.5 Å². The first-order valence-corrected chi connectivity index (χ1v) is 13.7. The molecule has 192 valence electrons. The monoisotopic (exact) mass is 530 g/mol. The number of carbonyl (C=O) groups is 1. The maximum atomic E-state index is 15.4. The van der Waals surface area contributed by atoms with Crippen LogP contribution in [0.4, 0.5) is 4.39 Å². The van der Waals surface area contributed by atoms with Crippen LogP contribution in [0.1, 0.15) is 37.4 Å². The summed E-state index contributed by atoms with van der Waals surface area (Å²) in [5, 5.41) is 11.4. The lowest BCUT2D eigenvalue weighted by atomic mass is 9.81. The van der Waals surface area contributed by atoms with Crippen molar-refractivity contribution in [2.45, 2.75) is 36.8 Å². The van der Waals surface area contributed by atoms with Crippen LogP contribution in [0, 0.1) is 11.8 Å². The molecule has 3 atom stereocenters. The molecule has 1 unspecified atom stereocenters. The fraction of sp³-hybridized carbons (Fsp3) is 0.429. The lowest BCUT2D eigenvalue weighted by Gasteiger charge is -2.36. The maximum Gasteiger partial charge on any atom is 0.308 e. The SMILES string of the molecule is COc1ccc2nccc(C(F)CC[C@@H]3CCN(CCCSc4ccc(Cl)cc4)C[C@@H]3C(=O)O)c2c1. The van der Waals surface area contributed by atoms with E-state index in [1.807, 2.05) is 42.5 Å². The van der Waals surface area contributed by atoms with Gasteiger partial charge in [-0.05, 0) is 105 Å². The highest BCUT2D eigenvalue weighted by molar-refractivity contribution is 7.99. The summed E-state index contributed by atoms with van der Waals surface area (Å²) in [5.41, 5.74) is 1.31. The normalized spacial score (nSPS) is 19.3. The van der Waals surface area contributed by atoms with Gasteiger partial charge in [0.25, 0.3) is 0 Å². The van der Waals surface area contributed by atoms with Gasteiger partial charge in [0.05, 0.1) is 18.5 Å². The number of aliphatic carboxylic acids is 1. The smallest absolute Gasteiger partial charge is 0.308 e. The molecule has 36 heavy (non-hydrogen) atoms. The van der Waals surface area contributed by atoms with Crippen LogP contribution in [0.15, 0.2) is 59.6 Å². The Labute approximate surface area is 221 Å². The summed E-state index contributed by atoms with van der Waals surface area (Å²) in [4.78, 5) is 19.8. The molecule has 1 fully saturated rings. The van der Waals surface area contributed by atoms with Crippen molar-refractivity contribution < 1.29 is 19.0 Å². The summed E-state index contributed by atoms with van der Waals surface area (Å²) in [6, 6.07) is 15.0. The summed E-state index contributed by atoms with van der Waals surface area (Å²) in [5.74, 6) is 0.351. The first-order chi connectivity index (χ1) is 17.4. The van der Waals surface area contributed by atoms with Gasteiger partial charge in [-0.15, -0.1) is 11.8 Å². The number of likely N-dealkylation sites (tertiary alicyclic amines) is 1. The molecule has 4 rings (SSSR count). The Morgan fingerprint density at radius 3 is 2.83 bits per heavy atom. The highest BCUT2D eigenvalue weighted by atomic mass is 35.5. The Balaban J connectivity index is 1.29. The van der Waals surface area contributed by atoms with Gasteiger partial charge >= 0.3 is 5.97 Å². The van der Waals surface area contributed by atoms with Crippen LogP contribution < -0.4 is 4.74 Å². The minimum Gasteiger partial charge on any atom is -0.497 e. The van der Waals surface area contributed by atoms with Crippen molar-refractivity contribution >= 4 is 40.2 Å². The van der Waals surface area contributed by atoms with E-state index in [-0.39, 0.29) is 5.92 Å². The number of carboxylic acid groups (broad SMARTS) is 1. The number of fused-ring (bicyclic) bond motifs is 1. The number of alkyl halides is 1. The van der Waals surface area contributed by atoms with Gasteiger partial charge in [-0.1, -0.05) is 11.6 Å². The third kappa shape index (κ3) is 6.90. The van der Waals surface area contributed by atoms with Crippen molar-refractivity contribution in [3.63, 3.8) is 0 Å². The highest BCUT2D eigenvalue weighted by Gasteiger charge is 2.34. The molecule has 1 aliphatic heterocycles. The van der Waals surface area contributed by atoms with Crippen LogP contribution in [0.3, 0.4) is 0 Å². The van der Waals surface area contributed by atoms with E-state index in [2.05, 4.69) is 9.88 Å². The number of carboxylic acids is 1. The number of aromatic nitrogens is 1. The fourth-order valence-corrected chi connectivity index (χ4v) is 5.93. The van der Waals surface area contributed by atoms with Crippen molar-refractivity contribution in [2.75, 3.05) is 32.5 Å². The summed E-state index contributed by atoms with van der Waals surface area (Å²) >= 11 is 7.72. The molecule has 1 saturated heterocycles. The van der Waals surface area contributed by atoms with Crippen molar-refractivity contribution in [2.24, 2.45) is 11.8 Å². The minimum atomic E-state index is -1.18. The van der Waals surface area contributed by atoms with Crippen LogP contribution in [0.2, 0.25) is 5.02 Å². The lowest BCUT2D eigenvalue weighted by molar-refractivity contribution is -0.146. The molecule has 2 heterocycles. The Morgan fingerprint density at radius 1 is 1.28 bits per heavy atom. The Bertz CT molecular complexity index is 1160. The third-order valence-electron chi connectivity index (χ3n) is 6.97.